The van der Waals surface area contributed by atoms with Crippen molar-refractivity contribution >= 4 is 44.7 Å². The highest BCUT2D eigenvalue weighted by molar-refractivity contribution is 7.99. The van der Waals surface area contributed by atoms with Gasteiger partial charge in [-0.2, -0.15) is 16.1 Å². The summed E-state index contributed by atoms with van der Waals surface area (Å²) in [5.74, 6) is 2.47. The van der Waals surface area contributed by atoms with Gasteiger partial charge in [-0.15, -0.1) is 22.9 Å². The van der Waals surface area contributed by atoms with Crippen LogP contribution >= 0.6 is 34.7 Å². The van der Waals surface area contributed by atoms with E-state index in [1.54, 1.807) is 13.1 Å². The third-order valence-electron chi connectivity index (χ3n) is 3.03. The van der Waals surface area contributed by atoms with Gasteiger partial charge in [0, 0.05) is 29.6 Å². The maximum Gasteiger partial charge on any atom is 0.252 e. The molecule has 0 saturated carbocycles. The van der Waals surface area contributed by atoms with Crippen LogP contribution in [0.3, 0.4) is 0 Å². The lowest BCUT2D eigenvalue weighted by atomic mass is 10.3. The minimum absolute atomic E-state index is 0.138. The first-order chi connectivity index (χ1) is 8.55. The van der Waals surface area contributed by atoms with Crippen molar-refractivity contribution in [2.24, 2.45) is 0 Å². The first kappa shape index (κ1) is 14.7. The van der Waals surface area contributed by atoms with Gasteiger partial charge in [-0.1, -0.05) is 0 Å². The lowest BCUT2D eigenvalue weighted by molar-refractivity contribution is 0.396. The molecule has 2 rings (SSSR count). The van der Waals surface area contributed by atoms with Gasteiger partial charge in [-0.25, -0.2) is 8.42 Å². The zero-order valence-corrected chi connectivity index (χ0v) is 13.3. The molecule has 7 heteroatoms. The molecule has 1 atom stereocenters. The van der Waals surface area contributed by atoms with Gasteiger partial charge in [0.05, 0.1) is 0 Å². The number of thiophene rings is 1. The van der Waals surface area contributed by atoms with Crippen LogP contribution in [0, 0.1) is 0 Å². The summed E-state index contributed by atoms with van der Waals surface area (Å²) >= 11 is 8.82. The molecule has 0 spiro atoms. The van der Waals surface area contributed by atoms with E-state index in [-0.39, 0.29) is 6.04 Å². The highest BCUT2D eigenvalue weighted by atomic mass is 35.5. The van der Waals surface area contributed by atoms with Crippen LogP contribution < -0.4 is 0 Å². The molecule has 1 saturated heterocycles. The Kier molecular flexibility index (Phi) is 4.99. The number of nitrogens with zero attached hydrogens (tertiary/aromatic N) is 1. The average Bonchev–Trinajstić information content (AvgIpc) is 2.99. The molecule has 0 amide bonds. The van der Waals surface area contributed by atoms with E-state index in [0.29, 0.717) is 10.1 Å². The Balaban J connectivity index is 2.18. The molecule has 1 aliphatic rings. The number of rotatable bonds is 5. The van der Waals surface area contributed by atoms with Crippen molar-refractivity contribution in [1.82, 2.24) is 4.31 Å². The normalized spacial score (nSPS) is 20.7. The summed E-state index contributed by atoms with van der Waals surface area (Å²) in [5, 5.41) is 0. The highest BCUT2D eigenvalue weighted by Gasteiger charge is 2.31. The summed E-state index contributed by atoms with van der Waals surface area (Å²) in [6.07, 6.45) is 1.67. The summed E-state index contributed by atoms with van der Waals surface area (Å²) < 4.78 is 26.8. The van der Waals surface area contributed by atoms with Crippen molar-refractivity contribution in [2.75, 3.05) is 24.4 Å². The summed E-state index contributed by atoms with van der Waals surface area (Å²) in [7, 11) is -1.64. The van der Waals surface area contributed by atoms with Gasteiger partial charge in [-0.05, 0) is 30.7 Å². The van der Waals surface area contributed by atoms with E-state index in [4.69, 9.17) is 11.6 Å². The van der Waals surface area contributed by atoms with Gasteiger partial charge in [0.15, 0.2) is 0 Å². The Morgan fingerprint density at radius 3 is 2.89 bits per heavy atom. The molecule has 18 heavy (non-hydrogen) atoms. The summed E-state index contributed by atoms with van der Waals surface area (Å²) in [6, 6.07) is 3.69. The van der Waals surface area contributed by atoms with Gasteiger partial charge >= 0.3 is 0 Å². The van der Waals surface area contributed by atoms with Gasteiger partial charge < -0.3 is 0 Å². The lowest BCUT2D eigenvalue weighted by Gasteiger charge is -2.22. The number of sulfonamides is 1. The second-order valence-corrected chi connectivity index (χ2v) is 9.12. The van der Waals surface area contributed by atoms with E-state index in [2.05, 4.69) is 0 Å². The van der Waals surface area contributed by atoms with Crippen LogP contribution in [0.4, 0.5) is 0 Å². The first-order valence-corrected chi connectivity index (χ1v) is 9.70. The molecular formula is C11H16ClNO2S3. The molecule has 0 bridgehead atoms. The van der Waals surface area contributed by atoms with E-state index in [0.717, 1.165) is 29.2 Å². The molecule has 0 radical (unpaired) electrons. The van der Waals surface area contributed by atoms with Crippen LogP contribution in [0.1, 0.15) is 11.3 Å². The Morgan fingerprint density at radius 2 is 2.28 bits per heavy atom. The second kappa shape index (κ2) is 6.13. The van der Waals surface area contributed by atoms with Crippen LogP contribution in [-0.4, -0.2) is 43.2 Å². The minimum Gasteiger partial charge on any atom is -0.206 e. The fraction of sp³-hybridized carbons (Fsp3) is 0.636. The predicted molar refractivity (Wildman–Crippen MR) is 79.4 cm³/mol. The van der Waals surface area contributed by atoms with Crippen LogP contribution in [0.15, 0.2) is 16.3 Å². The number of hydrogen-bond donors (Lipinski definition) is 0. The molecular weight excluding hydrogens is 310 g/mol. The zero-order valence-electron chi connectivity index (χ0n) is 10.1. The molecule has 0 aromatic carbocycles. The number of hydrogen-bond acceptors (Lipinski definition) is 4. The van der Waals surface area contributed by atoms with E-state index >= 15 is 0 Å². The molecule has 1 aromatic heterocycles. The molecule has 3 nitrogen and oxygen atoms in total. The van der Waals surface area contributed by atoms with Crippen molar-refractivity contribution in [3.8, 4) is 0 Å². The van der Waals surface area contributed by atoms with Crippen molar-refractivity contribution in [1.29, 1.82) is 0 Å². The molecule has 102 valence electrons. The Bertz CT molecular complexity index is 494. The Labute approximate surface area is 122 Å². The molecule has 2 heterocycles. The average molecular weight is 326 g/mol. The number of halogens is 1. The fourth-order valence-electron chi connectivity index (χ4n) is 1.87. The van der Waals surface area contributed by atoms with Crippen LogP contribution in [0.2, 0.25) is 0 Å². The monoisotopic (exact) mass is 325 g/mol. The summed E-state index contributed by atoms with van der Waals surface area (Å²) in [6.45, 7) is 0. The van der Waals surface area contributed by atoms with Gasteiger partial charge in [-0.3, -0.25) is 0 Å². The SMILES string of the molecule is CN(C1CCSC1)S(=O)(=O)c1ccc(CCCl)s1. The van der Waals surface area contributed by atoms with Gasteiger partial charge in [0.1, 0.15) is 4.21 Å². The molecule has 0 N–H and O–H groups in total. The van der Waals surface area contributed by atoms with Crippen molar-refractivity contribution in [3.05, 3.63) is 17.0 Å². The molecule has 1 fully saturated rings. The maximum atomic E-state index is 12.4. The minimum atomic E-state index is -3.32. The van der Waals surface area contributed by atoms with Crippen molar-refractivity contribution < 1.29 is 8.42 Å². The Morgan fingerprint density at radius 1 is 1.50 bits per heavy atom. The standard InChI is InChI=1S/C11H16ClNO2S3/c1-13(9-5-7-16-8-9)18(14,15)11-3-2-10(17-11)4-6-12/h2-3,9H,4-8H2,1H3. The van der Waals surface area contributed by atoms with Crippen molar-refractivity contribution in [2.45, 2.75) is 23.1 Å². The predicted octanol–water partition coefficient (Wildman–Crippen LogP) is 2.66. The van der Waals surface area contributed by atoms with E-state index in [1.807, 2.05) is 17.8 Å². The van der Waals surface area contributed by atoms with Crippen LogP contribution in [0.25, 0.3) is 0 Å². The number of aryl methyl sites for hydroxylation is 1. The number of alkyl halides is 1. The summed E-state index contributed by atoms with van der Waals surface area (Å²) in [4.78, 5) is 1.03. The largest absolute Gasteiger partial charge is 0.252 e. The fourth-order valence-corrected chi connectivity index (χ4v) is 6.48. The zero-order chi connectivity index (χ0) is 13.2. The smallest absolute Gasteiger partial charge is 0.206 e. The van der Waals surface area contributed by atoms with Crippen LogP contribution in [0.5, 0.6) is 0 Å². The van der Waals surface area contributed by atoms with Gasteiger partial charge in [0.25, 0.3) is 10.0 Å². The third kappa shape index (κ3) is 3.04. The van der Waals surface area contributed by atoms with Gasteiger partial charge in [0.2, 0.25) is 0 Å². The van der Waals surface area contributed by atoms with Crippen molar-refractivity contribution in [3.63, 3.8) is 0 Å². The number of thioether (sulfide) groups is 1. The molecule has 0 aliphatic carbocycles. The second-order valence-electron chi connectivity index (χ2n) is 4.20. The van der Waals surface area contributed by atoms with E-state index in [9.17, 15) is 8.42 Å². The molecule has 1 unspecified atom stereocenters. The highest BCUT2D eigenvalue weighted by Crippen LogP contribution is 2.29. The Hall–Kier alpha value is 0.250. The quantitative estimate of drug-likeness (QED) is 0.781. The first-order valence-electron chi connectivity index (χ1n) is 5.76. The lowest BCUT2D eigenvalue weighted by Crippen LogP contribution is -2.36. The molecule has 1 aromatic rings. The summed E-state index contributed by atoms with van der Waals surface area (Å²) in [5.41, 5.74) is 0. The third-order valence-corrected chi connectivity index (χ3v) is 7.89. The maximum absolute atomic E-state index is 12.4. The van der Waals surface area contributed by atoms with E-state index in [1.165, 1.54) is 15.6 Å². The molecule has 1 aliphatic heterocycles. The van der Waals surface area contributed by atoms with Crippen LogP contribution in [-0.2, 0) is 16.4 Å². The van der Waals surface area contributed by atoms with E-state index < -0.39 is 10.0 Å². The topological polar surface area (TPSA) is 37.4 Å².